The molecular formula is C28H26N2O. The maximum absolute atomic E-state index is 5.40. The van der Waals surface area contributed by atoms with E-state index in [2.05, 4.69) is 107 Å². The number of hydrogen-bond acceptors (Lipinski definition) is 3. The smallest absolute Gasteiger partial charge is 0.129 e. The Bertz CT molecular complexity index is 1130. The molecule has 31 heavy (non-hydrogen) atoms. The highest BCUT2D eigenvalue weighted by Crippen LogP contribution is 2.42. The molecule has 0 saturated carbocycles. The summed E-state index contributed by atoms with van der Waals surface area (Å²) in [6, 6.07) is 38.7. The fourth-order valence-corrected chi connectivity index (χ4v) is 4.44. The molecule has 0 spiro atoms. The monoisotopic (exact) mass is 406 g/mol. The van der Waals surface area contributed by atoms with Crippen molar-refractivity contribution in [2.24, 2.45) is 0 Å². The Morgan fingerprint density at radius 3 is 2.10 bits per heavy atom. The summed E-state index contributed by atoms with van der Waals surface area (Å²) >= 11 is 0. The van der Waals surface area contributed by atoms with Gasteiger partial charge in [0.2, 0.25) is 0 Å². The Hall–Kier alpha value is -3.72. The highest BCUT2D eigenvalue weighted by atomic mass is 16.5. The summed E-state index contributed by atoms with van der Waals surface area (Å²) in [5, 5.41) is 0. The SMILES string of the molecule is COc1ccc(N2Cc3ccccc3N(Cc3ccccc3)C2c2ccccc2)cc1. The summed E-state index contributed by atoms with van der Waals surface area (Å²) in [5.41, 5.74) is 6.40. The van der Waals surface area contributed by atoms with E-state index < -0.39 is 0 Å². The standard InChI is InChI=1S/C28H26N2O/c1-31-26-18-16-25(17-19-26)29-21-24-14-8-9-15-27(24)30(20-22-10-4-2-5-11-22)28(29)23-12-6-3-7-13-23/h2-19,28H,20-21H2,1H3. The molecule has 0 saturated heterocycles. The predicted molar refractivity (Wildman–Crippen MR) is 127 cm³/mol. The minimum atomic E-state index is 0.0877. The molecule has 1 aliphatic rings. The predicted octanol–water partition coefficient (Wildman–Crippen LogP) is 6.42. The van der Waals surface area contributed by atoms with E-state index in [-0.39, 0.29) is 6.17 Å². The first kappa shape index (κ1) is 19.3. The summed E-state index contributed by atoms with van der Waals surface area (Å²) in [7, 11) is 1.71. The van der Waals surface area contributed by atoms with Crippen molar-refractivity contribution in [3.63, 3.8) is 0 Å². The van der Waals surface area contributed by atoms with Crippen LogP contribution in [0.2, 0.25) is 0 Å². The molecule has 0 N–H and O–H groups in total. The molecule has 1 aliphatic heterocycles. The van der Waals surface area contributed by atoms with Gasteiger partial charge in [0, 0.05) is 24.5 Å². The molecule has 0 bridgehead atoms. The van der Waals surface area contributed by atoms with Crippen LogP contribution in [0.5, 0.6) is 5.75 Å². The van der Waals surface area contributed by atoms with E-state index in [1.165, 1.54) is 28.1 Å². The zero-order valence-corrected chi connectivity index (χ0v) is 17.7. The van der Waals surface area contributed by atoms with Crippen LogP contribution >= 0.6 is 0 Å². The summed E-state index contributed by atoms with van der Waals surface area (Å²) in [6.45, 7) is 1.69. The van der Waals surface area contributed by atoms with Crippen LogP contribution in [-0.2, 0) is 13.1 Å². The third-order valence-electron chi connectivity index (χ3n) is 5.93. The van der Waals surface area contributed by atoms with E-state index in [4.69, 9.17) is 4.74 Å². The number of rotatable bonds is 5. The largest absolute Gasteiger partial charge is 0.497 e. The number of methoxy groups -OCH3 is 1. The van der Waals surface area contributed by atoms with Crippen LogP contribution in [0.4, 0.5) is 11.4 Å². The maximum atomic E-state index is 5.40. The molecule has 0 aliphatic carbocycles. The Labute approximate surface area is 184 Å². The topological polar surface area (TPSA) is 15.7 Å². The molecule has 4 aromatic carbocycles. The second kappa shape index (κ2) is 8.57. The number of fused-ring (bicyclic) bond motifs is 1. The summed E-state index contributed by atoms with van der Waals surface area (Å²) in [6.07, 6.45) is 0.0877. The number of hydrogen-bond donors (Lipinski definition) is 0. The van der Waals surface area contributed by atoms with Crippen LogP contribution in [-0.4, -0.2) is 7.11 Å². The molecule has 1 unspecified atom stereocenters. The van der Waals surface area contributed by atoms with E-state index in [1.54, 1.807) is 7.11 Å². The molecule has 3 nitrogen and oxygen atoms in total. The Balaban J connectivity index is 1.65. The summed E-state index contributed by atoms with van der Waals surface area (Å²) < 4.78 is 5.40. The van der Waals surface area contributed by atoms with Crippen LogP contribution in [0.1, 0.15) is 22.9 Å². The van der Waals surface area contributed by atoms with Crippen LogP contribution in [0.15, 0.2) is 109 Å². The summed E-state index contributed by atoms with van der Waals surface area (Å²) in [4.78, 5) is 5.01. The van der Waals surface area contributed by atoms with Crippen molar-refractivity contribution in [1.29, 1.82) is 0 Å². The van der Waals surface area contributed by atoms with Gasteiger partial charge in [-0.2, -0.15) is 0 Å². The second-order valence-corrected chi connectivity index (χ2v) is 7.85. The zero-order valence-electron chi connectivity index (χ0n) is 17.7. The first-order valence-electron chi connectivity index (χ1n) is 10.7. The van der Waals surface area contributed by atoms with E-state index in [0.717, 1.165) is 18.8 Å². The molecule has 0 aromatic heterocycles. The third kappa shape index (κ3) is 3.87. The van der Waals surface area contributed by atoms with Crippen LogP contribution in [0.25, 0.3) is 0 Å². The van der Waals surface area contributed by atoms with Crippen molar-refractivity contribution >= 4 is 11.4 Å². The molecule has 154 valence electrons. The lowest BCUT2D eigenvalue weighted by molar-refractivity contribution is 0.414. The van der Waals surface area contributed by atoms with Gasteiger partial charge in [0.05, 0.1) is 7.11 Å². The van der Waals surface area contributed by atoms with Crippen molar-refractivity contribution in [2.45, 2.75) is 19.3 Å². The zero-order chi connectivity index (χ0) is 21.0. The average molecular weight is 407 g/mol. The van der Waals surface area contributed by atoms with Gasteiger partial charge in [-0.3, -0.25) is 0 Å². The van der Waals surface area contributed by atoms with Gasteiger partial charge in [-0.1, -0.05) is 78.9 Å². The van der Waals surface area contributed by atoms with Crippen molar-refractivity contribution in [3.05, 3.63) is 126 Å². The Morgan fingerprint density at radius 2 is 1.39 bits per heavy atom. The van der Waals surface area contributed by atoms with E-state index >= 15 is 0 Å². The van der Waals surface area contributed by atoms with Gasteiger partial charge in [0.25, 0.3) is 0 Å². The first-order valence-corrected chi connectivity index (χ1v) is 10.7. The fourth-order valence-electron chi connectivity index (χ4n) is 4.44. The highest BCUT2D eigenvalue weighted by molar-refractivity contribution is 5.64. The lowest BCUT2D eigenvalue weighted by Crippen LogP contribution is -2.45. The minimum Gasteiger partial charge on any atom is -0.497 e. The van der Waals surface area contributed by atoms with Crippen molar-refractivity contribution < 1.29 is 4.74 Å². The van der Waals surface area contributed by atoms with Gasteiger partial charge < -0.3 is 14.5 Å². The van der Waals surface area contributed by atoms with Crippen molar-refractivity contribution in [3.8, 4) is 5.75 Å². The minimum absolute atomic E-state index is 0.0877. The number of anilines is 2. The van der Waals surface area contributed by atoms with Gasteiger partial charge >= 0.3 is 0 Å². The molecule has 3 heteroatoms. The summed E-state index contributed by atoms with van der Waals surface area (Å²) in [5.74, 6) is 0.874. The van der Waals surface area contributed by atoms with Gasteiger partial charge in [-0.25, -0.2) is 0 Å². The van der Waals surface area contributed by atoms with Gasteiger partial charge in [-0.05, 0) is 47.0 Å². The van der Waals surface area contributed by atoms with E-state index in [0.29, 0.717) is 0 Å². The number of benzene rings is 4. The second-order valence-electron chi connectivity index (χ2n) is 7.85. The molecule has 0 radical (unpaired) electrons. The Kier molecular flexibility index (Phi) is 5.32. The van der Waals surface area contributed by atoms with E-state index in [9.17, 15) is 0 Å². The fraction of sp³-hybridized carbons (Fsp3) is 0.143. The number of ether oxygens (including phenoxy) is 1. The van der Waals surface area contributed by atoms with Gasteiger partial charge in [0.1, 0.15) is 11.9 Å². The van der Waals surface area contributed by atoms with Gasteiger partial charge in [0.15, 0.2) is 0 Å². The van der Waals surface area contributed by atoms with Crippen LogP contribution < -0.4 is 14.5 Å². The third-order valence-corrected chi connectivity index (χ3v) is 5.93. The van der Waals surface area contributed by atoms with Crippen LogP contribution in [0, 0.1) is 0 Å². The van der Waals surface area contributed by atoms with Crippen molar-refractivity contribution in [1.82, 2.24) is 0 Å². The molecule has 1 heterocycles. The molecule has 0 amide bonds. The van der Waals surface area contributed by atoms with Crippen molar-refractivity contribution in [2.75, 3.05) is 16.9 Å². The molecule has 1 atom stereocenters. The molecule has 4 aromatic rings. The molecule has 5 rings (SSSR count). The Morgan fingerprint density at radius 1 is 0.742 bits per heavy atom. The highest BCUT2D eigenvalue weighted by Gasteiger charge is 2.33. The van der Waals surface area contributed by atoms with Gasteiger partial charge in [-0.15, -0.1) is 0 Å². The maximum Gasteiger partial charge on any atom is 0.129 e. The van der Waals surface area contributed by atoms with Crippen LogP contribution in [0.3, 0.4) is 0 Å². The normalized spacial score (nSPS) is 15.5. The lowest BCUT2D eigenvalue weighted by atomic mass is 10.00. The number of nitrogens with zero attached hydrogens (tertiary/aromatic N) is 2. The average Bonchev–Trinajstić information content (AvgIpc) is 2.85. The first-order chi connectivity index (χ1) is 15.3. The lowest BCUT2D eigenvalue weighted by Gasteiger charge is -2.47. The quantitative estimate of drug-likeness (QED) is 0.380. The number of para-hydroxylation sites is 1. The molecule has 0 fully saturated rings. The molecular weight excluding hydrogens is 380 g/mol. The van der Waals surface area contributed by atoms with E-state index in [1.807, 2.05) is 12.1 Å².